The number of carbonyl (C=O) groups is 2. The summed E-state index contributed by atoms with van der Waals surface area (Å²) in [5, 5.41) is 30.3. The SMILES string of the molecule is N#Cc1ccc(Cl)cc1NC(=O)N1C[C@H](O)C[C@@H]1C(=O)O. The summed E-state index contributed by atoms with van der Waals surface area (Å²) < 4.78 is 0. The number of hydrogen-bond acceptors (Lipinski definition) is 4. The Kier molecular flexibility index (Phi) is 4.31. The second kappa shape index (κ2) is 5.99. The summed E-state index contributed by atoms with van der Waals surface area (Å²) in [5.41, 5.74) is 0.403. The molecule has 21 heavy (non-hydrogen) atoms. The van der Waals surface area contributed by atoms with Crippen LogP contribution in [0.2, 0.25) is 5.02 Å². The first-order valence-corrected chi connectivity index (χ1v) is 6.48. The number of carboxylic acid groups (broad SMARTS) is 1. The van der Waals surface area contributed by atoms with Crippen LogP contribution in [0.4, 0.5) is 10.5 Å². The number of benzene rings is 1. The smallest absolute Gasteiger partial charge is 0.326 e. The highest BCUT2D eigenvalue weighted by molar-refractivity contribution is 6.31. The maximum atomic E-state index is 12.1. The molecule has 1 saturated heterocycles. The number of nitriles is 1. The zero-order valence-electron chi connectivity index (χ0n) is 10.8. The van der Waals surface area contributed by atoms with Gasteiger partial charge in [0.05, 0.1) is 17.4 Å². The summed E-state index contributed by atoms with van der Waals surface area (Å²) in [6.45, 7) is -0.0781. The fourth-order valence-electron chi connectivity index (χ4n) is 2.18. The average Bonchev–Trinajstić information content (AvgIpc) is 2.81. The number of aliphatic hydroxyl groups is 1. The number of rotatable bonds is 2. The zero-order chi connectivity index (χ0) is 15.6. The van der Waals surface area contributed by atoms with Crippen LogP contribution in [0.15, 0.2) is 18.2 Å². The first kappa shape index (κ1) is 15.1. The van der Waals surface area contributed by atoms with Crippen LogP contribution in [0.25, 0.3) is 0 Å². The molecule has 0 unspecified atom stereocenters. The van der Waals surface area contributed by atoms with E-state index in [-0.39, 0.29) is 24.2 Å². The number of nitrogens with one attached hydrogen (secondary N) is 1. The number of carbonyl (C=O) groups excluding carboxylic acids is 1. The van der Waals surface area contributed by atoms with Gasteiger partial charge in [0.1, 0.15) is 12.1 Å². The Balaban J connectivity index is 2.20. The molecule has 2 rings (SSSR count). The van der Waals surface area contributed by atoms with Gasteiger partial charge in [-0.25, -0.2) is 9.59 Å². The molecule has 1 aliphatic rings. The lowest BCUT2D eigenvalue weighted by atomic mass is 10.2. The Morgan fingerprint density at radius 1 is 1.48 bits per heavy atom. The van der Waals surface area contributed by atoms with Gasteiger partial charge in [-0.2, -0.15) is 5.26 Å². The van der Waals surface area contributed by atoms with Gasteiger partial charge in [0.2, 0.25) is 0 Å². The Labute approximate surface area is 125 Å². The molecule has 0 radical (unpaired) electrons. The number of anilines is 1. The summed E-state index contributed by atoms with van der Waals surface area (Å²) >= 11 is 5.81. The molecule has 8 heteroatoms. The number of hydrogen-bond donors (Lipinski definition) is 3. The summed E-state index contributed by atoms with van der Waals surface area (Å²) in [5.74, 6) is -1.19. The van der Waals surface area contributed by atoms with Crippen LogP contribution < -0.4 is 5.32 Å². The lowest BCUT2D eigenvalue weighted by molar-refractivity contribution is -0.141. The number of carboxylic acids is 1. The molecule has 0 saturated carbocycles. The summed E-state index contributed by atoms with van der Waals surface area (Å²) in [6, 6.07) is 4.48. The molecule has 1 heterocycles. The highest BCUT2D eigenvalue weighted by atomic mass is 35.5. The van der Waals surface area contributed by atoms with Crippen molar-refractivity contribution >= 4 is 29.3 Å². The molecule has 2 atom stereocenters. The van der Waals surface area contributed by atoms with E-state index in [1.165, 1.54) is 18.2 Å². The minimum Gasteiger partial charge on any atom is -0.480 e. The molecule has 3 N–H and O–H groups in total. The third-order valence-corrected chi connectivity index (χ3v) is 3.40. The molecule has 1 aliphatic heterocycles. The third kappa shape index (κ3) is 3.24. The Hall–Kier alpha value is -2.30. The molecule has 0 spiro atoms. The van der Waals surface area contributed by atoms with E-state index in [0.717, 1.165) is 4.90 Å². The van der Waals surface area contributed by atoms with Crippen molar-refractivity contribution in [2.24, 2.45) is 0 Å². The standard InChI is InChI=1S/C13H12ClN3O4/c14-8-2-1-7(5-15)10(3-8)16-13(21)17-6-9(18)4-11(17)12(19)20/h1-3,9,11,18H,4,6H2,(H,16,21)(H,19,20)/t9-,11-/m1/s1. The molecule has 2 amide bonds. The van der Waals surface area contributed by atoms with E-state index in [4.69, 9.17) is 22.0 Å². The molecule has 1 fully saturated rings. The Bertz CT molecular complexity index is 628. The fraction of sp³-hybridized carbons (Fsp3) is 0.308. The van der Waals surface area contributed by atoms with Gasteiger partial charge in [-0.05, 0) is 18.2 Å². The van der Waals surface area contributed by atoms with Crippen molar-refractivity contribution in [3.63, 3.8) is 0 Å². The number of halogens is 1. The molecular formula is C13H12ClN3O4. The Morgan fingerprint density at radius 2 is 2.19 bits per heavy atom. The van der Waals surface area contributed by atoms with E-state index >= 15 is 0 Å². The molecule has 0 aliphatic carbocycles. The molecule has 1 aromatic carbocycles. The quantitative estimate of drug-likeness (QED) is 0.761. The summed E-state index contributed by atoms with van der Waals surface area (Å²) in [6.07, 6.45) is -0.907. The van der Waals surface area contributed by atoms with Gasteiger partial charge in [0.25, 0.3) is 0 Å². The largest absolute Gasteiger partial charge is 0.480 e. The van der Waals surface area contributed by atoms with E-state index < -0.39 is 24.1 Å². The lowest BCUT2D eigenvalue weighted by Gasteiger charge is -2.21. The normalized spacial score (nSPS) is 20.9. The minimum absolute atomic E-state index is 0.0244. The predicted octanol–water partition coefficient (Wildman–Crippen LogP) is 1.26. The monoisotopic (exact) mass is 309 g/mol. The third-order valence-electron chi connectivity index (χ3n) is 3.17. The molecule has 0 bridgehead atoms. The summed E-state index contributed by atoms with van der Waals surface area (Å²) in [7, 11) is 0. The van der Waals surface area contributed by atoms with E-state index in [0.29, 0.717) is 5.02 Å². The van der Waals surface area contributed by atoms with Crippen molar-refractivity contribution < 1.29 is 19.8 Å². The number of nitrogens with zero attached hydrogens (tertiary/aromatic N) is 2. The van der Waals surface area contributed by atoms with Gasteiger partial charge in [0, 0.05) is 18.0 Å². The van der Waals surface area contributed by atoms with Gasteiger partial charge >= 0.3 is 12.0 Å². The van der Waals surface area contributed by atoms with Crippen molar-refractivity contribution in [3.8, 4) is 6.07 Å². The molecule has 110 valence electrons. The number of aliphatic carboxylic acids is 1. The van der Waals surface area contributed by atoms with Crippen LogP contribution >= 0.6 is 11.6 Å². The summed E-state index contributed by atoms with van der Waals surface area (Å²) in [4.78, 5) is 24.3. The van der Waals surface area contributed by atoms with E-state index in [1.807, 2.05) is 6.07 Å². The van der Waals surface area contributed by atoms with Crippen LogP contribution in [0, 0.1) is 11.3 Å². The van der Waals surface area contributed by atoms with Crippen molar-refractivity contribution in [1.82, 2.24) is 4.90 Å². The van der Waals surface area contributed by atoms with Gasteiger partial charge in [-0.1, -0.05) is 11.6 Å². The molecule has 0 aromatic heterocycles. The van der Waals surface area contributed by atoms with Crippen molar-refractivity contribution in [2.45, 2.75) is 18.6 Å². The minimum atomic E-state index is -1.19. The van der Waals surface area contributed by atoms with Crippen LogP contribution in [-0.2, 0) is 4.79 Å². The maximum absolute atomic E-state index is 12.1. The number of amides is 2. The van der Waals surface area contributed by atoms with Crippen molar-refractivity contribution in [2.75, 3.05) is 11.9 Å². The highest BCUT2D eigenvalue weighted by Gasteiger charge is 2.39. The van der Waals surface area contributed by atoms with Gasteiger partial charge in [0.15, 0.2) is 0 Å². The van der Waals surface area contributed by atoms with E-state index in [2.05, 4.69) is 5.32 Å². The second-order valence-corrected chi connectivity index (χ2v) is 5.06. The second-order valence-electron chi connectivity index (χ2n) is 4.63. The molecule has 7 nitrogen and oxygen atoms in total. The first-order valence-electron chi connectivity index (χ1n) is 6.10. The van der Waals surface area contributed by atoms with Gasteiger partial charge in [-0.3, -0.25) is 0 Å². The number of urea groups is 1. The van der Waals surface area contributed by atoms with Crippen molar-refractivity contribution in [3.05, 3.63) is 28.8 Å². The number of β-amino-alcohol motifs (C(OH)–C–C–N with tert-alkyl or cyclic N) is 1. The number of aliphatic hydroxyl groups excluding tert-OH is 1. The topological polar surface area (TPSA) is 114 Å². The first-order chi connectivity index (χ1) is 9.92. The zero-order valence-corrected chi connectivity index (χ0v) is 11.5. The van der Waals surface area contributed by atoms with Crippen molar-refractivity contribution in [1.29, 1.82) is 5.26 Å². The highest BCUT2D eigenvalue weighted by Crippen LogP contribution is 2.23. The van der Waals surface area contributed by atoms with E-state index in [1.54, 1.807) is 0 Å². The predicted molar refractivity (Wildman–Crippen MR) is 73.9 cm³/mol. The molecule has 1 aromatic rings. The van der Waals surface area contributed by atoms with Gasteiger partial charge in [-0.15, -0.1) is 0 Å². The van der Waals surface area contributed by atoms with Gasteiger partial charge < -0.3 is 20.4 Å². The van der Waals surface area contributed by atoms with Crippen LogP contribution in [0.3, 0.4) is 0 Å². The Morgan fingerprint density at radius 3 is 2.81 bits per heavy atom. The number of likely N-dealkylation sites (tertiary alicyclic amines) is 1. The van der Waals surface area contributed by atoms with E-state index in [9.17, 15) is 14.7 Å². The average molecular weight is 310 g/mol. The maximum Gasteiger partial charge on any atom is 0.326 e. The van der Waals surface area contributed by atoms with Crippen LogP contribution in [0.5, 0.6) is 0 Å². The van der Waals surface area contributed by atoms with Crippen LogP contribution in [-0.4, -0.2) is 45.8 Å². The fourth-order valence-corrected chi connectivity index (χ4v) is 2.35. The molecular weight excluding hydrogens is 298 g/mol. The van der Waals surface area contributed by atoms with Crippen LogP contribution in [0.1, 0.15) is 12.0 Å². The lowest BCUT2D eigenvalue weighted by Crippen LogP contribution is -2.43.